The molecule has 0 bridgehead atoms. The van der Waals surface area contributed by atoms with Crippen LogP contribution in [0.3, 0.4) is 0 Å². The van der Waals surface area contributed by atoms with Gasteiger partial charge in [0, 0.05) is 22.7 Å². The molecular formula is C22H26N2O2. The molecule has 2 aromatic carbocycles. The summed E-state index contributed by atoms with van der Waals surface area (Å²) in [5.41, 5.74) is 3.24. The lowest BCUT2D eigenvalue weighted by molar-refractivity contribution is -0.123. The van der Waals surface area contributed by atoms with Crippen LogP contribution in [0.15, 0.2) is 48.5 Å². The van der Waals surface area contributed by atoms with Crippen molar-refractivity contribution < 1.29 is 9.59 Å². The molecule has 1 aliphatic rings. The van der Waals surface area contributed by atoms with E-state index in [2.05, 4.69) is 22.8 Å². The maximum absolute atomic E-state index is 12.5. The Labute approximate surface area is 155 Å². The standard InChI is InChI=1S/C22H26N2O2/c1-14-12-16(10-11-19(14)24-21(26)22(2,3)4)23-20(25)18-13-17(18)15-8-6-5-7-9-15/h5-12,17-18H,13H2,1-4H3,(H,23,25)(H,24,26)/t17-,18+/m0/s1. The van der Waals surface area contributed by atoms with E-state index in [4.69, 9.17) is 0 Å². The van der Waals surface area contributed by atoms with Gasteiger partial charge in [-0.15, -0.1) is 0 Å². The summed E-state index contributed by atoms with van der Waals surface area (Å²) < 4.78 is 0. The van der Waals surface area contributed by atoms with Crippen LogP contribution >= 0.6 is 0 Å². The molecule has 1 fully saturated rings. The average Bonchev–Trinajstić information content (AvgIpc) is 3.38. The fourth-order valence-electron chi connectivity index (χ4n) is 2.98. The summed E-state index contributed by atoms with van der Waals surface area (Å²) in [6.07, 6.45) is 0.897. The van der Waals surface area contributed by atoms with E-state index in [-0.39, 0.29) is 17.7 Å². The van der Waals surface area contributed by atoms with Crippen LogP contribution in [-0.2, 0) is 9.59 Å². The van der Waals surface area contributed by atoms with E-state index < -0.39 is 5.41 Å². The van der Waals surface area contributed by atoms with Crippen molar-refractivity contribution in [2.45, 2.75) is 40.0 Å². The van der Waals surface area contributed by atoms with Crippen LogP contribution in [0.1, 0.15) is 44.2 Å². The number of rotatable bonds is 4. The van der Waals surface area contributed by atoms with Crippen LogP contribution in [0, 0.1) is 18.3 Å². The molecule has 0 spiro atoms. The topological polar surface area (TPSA) is 58.2 Å². The van der Waals surface area contributed by atoms with Gasteiger partial charge >= 0.3 is 0 Å². The fourth-order valence-corrected chi connectivity index (χ4v) is 2.98. The van der Waals surface area contributed by atoms with E-state index in [9.17, 15) is 9.59 Å². The Kier molecular flexibility index (Phi) is 4.86. The first-order valence-corrected chi connectivity index (χ1v) is 9.03. The van der Waals surface area contributed by atoms with Gasteiger partial charge in [-0.05, 0) is 48.6 Å². The van der Waals surface area contributed by atoms with Crippen molar-refractivity contribution in [2.75, 3.05) is 10.6 Å². The second-order valence-corrected chi connectivity index (χ2v) is 8.08. The third-order valence-electron chi connectivity index (χ3n) is 4.78. The molecule has 1 saturated carbocycles. The minimum absolute atomic E-state index is 0.0268. The van der Waals surface area contributed by atoms with Crippen molar-refractivity contribution in [3.8, 4) is 0 Å². The van der Waals surface area contributed by atoms with Gasteiger partial charge in [0.05, 0.1) is 0 Å². The minimum Gasteiger partial charge on any atom is -0.326 e. The van der Waals surface area contributed by atoms with E-state index >= 15 is 0 Å². The number of hydrogen-bond donors (Lipinski definition) is 2. The van der Waals surface area contributed by atoms with Crippen molar-refractivity contribution in [1.29, 1.82) is 0 Å². The highest BCUT2D eigenvalue weighted by molar-refractivity contribution is 5.97. The highest BCUT2D eigenvalue weighted by Crippen LogP contribution is 2.47. The quantitative estimate of drug-likeness (QED) is 0.838. The highest BCUT2D eigenvalue weighted by atomic mass is 16.2. The van der Waals surface area contributed by atoms with Gasteiger partial charge in [-0.25, -0.2) is 0 Å². The van der Waals surface area contributed by atoms with E-state index in [1.165, 1.54) is 5.56 Å². The van der Waals surface area contributed by atoms with Crippen LogP contribution in [0.2, 0.25) is 0 Å². The van der Waals surface area contributed by atoms with Gasteiger partial charge in [0.15, 0.2) is 0 Å². The van der Waals surface area contributed by atoms with Gasteiger partial charge in [-0.1, -0.05) is 51.1 Å². The maximum atomic E-state index is 12.5. The SMILES string of the molecule is Cc1cc(NC(=O)[C@@H]2C[C@H]2c2ccccc2)ccc1NC(=O)C(C)(C)C. The van der Waals surface area contributed by atoms with E-state index in [1.807, 2.05) is 64.1 Å². The molecule has 2 aromatic rings. The largest absolute Gasteiger partial charge is 0.326 e. The molecule has 0 saturated heterocycles. The maximum Gasteiger partial charge on any atom is 0.229 e. The lowest BCUT2D eigenvalue weighted by Crippen LogP contribution is -2.27. The zero-order valence-corrected chi connectivity index (χ0v) is 15.8. The van der Waals surface area contributed by atoms with E-state index in [1.54, 1.807) is 0 Å². The predicted octanol–water partition coefficient (Wildman–Crippen LogP) is 4.72. The number of anilines is 2. The molecule has 2 atom stereocenters. The number of nitrogens with one attached hydrogen (secondary N) is 2. The molecule has 136 valence electrons. The number of hydrogen-bond acceptors (Lipinski definition) is 2. The molecule has 26 heavy (non-hydrogen) atoms. The van der Waals surface area contributed by atoms with Crippen molar-refractivity contribution in [3.05, 3.63) is 59.7 Å². The zero-order valence-electron chi connectivity index (χ0n) is 15.8. The Morgan fingerprint density at radius 1 is 1.00 bits per heavy atom. The Hall–Kier alpha value is -2.62. The number of benzene rings is 2. The Morgan fingerprint density at radius 3 is 2.31 bits per heavy atom. The molecule has 0 aliphatic heterocycles. The summed E-state index contributed by atoms with van der Waals surface area (Å²) in [5, 5.41) is 5.95. The number of carbonyl (C=O) groups is 2. The molecule has 0 aromatic heterocycles. The second kappa shape index (κ2) is 6.94. The average molecular weight is 350 g/mol. The summed E-state index contributed by atoms with van der Waals surface area (Å²) in [7, 11) is 0. The molecule has 0 unspecified atom stereocenters. The van der Waals surface area contributed by atoms with Crippen LogP contribution in [0.5, 0.6) is 0 Å². The van der Waals surface area contributed by atoms with Crippen molar-refractivity contribution >= 4 is 23.2 Å². The van der Waals surface area contributed by atoms with Crippen molar-refractivity contribution in [3.63, 3.8) is 0 Å². The molecule has 2 amide bonds. The number of amides is 2. The highest BCUT2D eigenvalue weighted by Gasteiger charge is 2.43. The number of carbonyl (C=O) groups excluding carboxylic acids is 2. The van der Waals surface area contributed by atoms with Crippen LogP contribution in [0.4, 0.5) is 11.4 Å². The van der Waals surface area contributed by atoms with Crippen LogP contribution in [-0.4, -0.2) is 11.8 Å². The fraction of sp³-hybridized carbons (Fsp3) is 0.364. The molecule has 0 heterocycles. The summed E-state index contributed by atoms with van der Waals surface area (Å²) in [4.78, 5) is 24.6. The Balaban J connectivity index is 1.62. The smallest absolute Gasteiger partial charge is 0.229 e. The molecule has 1 aliphatic carbocycles. The Morgan fingerprint density at radius 2 is 1.69 bits per heavy atom. The van der Waals surface area contributed by atoms with Gasteiger partial charge in [0.2, 0.25) is 11.8 Å². The molecule has 4 nitrogen and oxygen atoms in total. The first kappa shape index (κ1) is 18.2. The van der Waals surface area contributed by atoms with Gasteiger partial charge in [-0.3, -0.25) is 9.59 Å². The molecular weight excluding hydrogens is 324 g/mol. The van der Waals surface area contributed by atoms with Gasteiger partial charge in [0.1, 0.15) is 0 Å². The minimum atomic E-state index is -0.447. The monoisotopic (exact) mass is 350 g/mol. The number of aryl methyl sites for hydroxylation is 1. The molecule has 2 N–H and O–H groups in total. The van der Waals surface area contributed by atoms with Crippen molar-refractivity contribution in [1.82, 2.24) is 0 Å². The van der Waals surface area contributed by atoms with Crippen LogP contribution in [0.25, 0.3) is 0 Å². The van der Waals surface area contributed by atoms with E-state index in [0.29, 0.717) is 5.92 Å². The summed E-state index contributed by atoms with van der Waals surface area (Å²) in [6.45, 7) is 7.57. The third kappa shape index (κ3) is 4.13. The van der Waals surface area contributed by atoms with Crippen molar-refractivity contribution in [2.24, 2.45) is 11.3 Å². The van der Waals surface area contributed by atoms with E-state index in [0.717, 1.165) is 23.4 Å². The van der Waals surface area contributed by atoms with Gasteiger partial charge < -0.3 is 10.6 Å². The first-order chi connectivity index (χ1) is 12.3. The predicted molar refractivity (Wildman–Crippen MR) is 105 cm³/mol. The summed E-state index contributed by atoms with van der Waals surface area (Å²) >= 11 is 0. The molecule has 3 rings (SSSR count). The summed E-state index contributed by atoms with van der Waals surface area (Å²) in [5.74, 6) is 0.395. The lowest BCUT2D eigenvalue weighted by Gasteiger charge is -2.19. The first-order valence-electron chi connectivity index (χ1n) is 9.03. The Bertz CT molecular complexity index is 822. The third-order valence-corrected chi connectivity index (χ3v) is 4.78. The normalized spacial score (nSPS) is 18.9. The van der Waals surface area contributed by atoms with Gasteiger partial charge in [-0.2, -0.15) is 0 Å². The lowest BCUT2D eigenvalue weighted by atomic mass is 9.95. The van der Waals surface area contributed by atoms with Gasteiger partial charge in [0.25, 0.3) is 0 Å². The zero-order chi connectivity index (χ0) is 18.9. The van der Waals surface area contributed by atoms with Crippen LogP contribution < -0.4 is 10.6 Å². The second-order valence-electron chi connectivity index (χ2n) is 8.08. The summed E-state index contributed by atoms with van der Waals surface area (Å²) in [6, 6.07) is 15.7. The molecule has 4 heteroatoms. The molecule has 0 radical (unpaired) electrons.